The average molecular weight is 424 g/mol. The lowest BCUT2D eigenvalue weighted by atomic mass is 9.86. The van der Waals surface area contributed by atoms with E-state index in [2.05, 4.69) is 22.9 Å². The molecule has 0 saturated heterocycles. The normalized spacial score (nSPS) is 18.0. The van der Waals surface area contributed by atoms with E-state index >= 15 is 0 Å². The molecule has 31 heavy (non-hydrogen) atoms. The van der Waals surface area contributed by atoms with Gasteiger partial charge in [0.15, 0.2) is 0 Å². The summed E-state index contributed by atoms with van der Waals surface area (Å²) in [6.07, 6.45) is 4.12. The number of hydrogen-bond acceptors (Lipinski definition) is 4. The highest BCUT2D eigenvalue weighted by Gasteiger charge is 2.26. The fourth-order valence-electron chi connectivity index (χ4n) is 3.79. The third-order valence-corrected chi connectivity index (χ3v) is 5.64. The van der Waals surface area contributed by atoms with Crippen LogP contribution in [0.15, 0.2) is 48.5 Å². The minimum absolute atomic E-state index is 0.00778. The lowest BCUT2D eigenvalue weighted by molar-refractivity contribution is -0.137. The Bertz CT molecular complexity index is 944. The van der Waals surface area contributed by atoms with E-state index in [9.17, 15) is 14.4 Å². The molecule has 7 heteroatoms. The zero-order chi connectivity index (χ0) is 22.2. The summed E-state index contributed by atoms with van der Waals surface area (Å²) in [7, 11) is 1.59. The van der Waals surface area contributed by atoms with E-state index in [0.717, 1.165) is 31.2 Å². The second-order valence-electron chi connectivity index (χ2n) is 7.88. The van der Waals surface area contributed by atoms with Gasteiger partial charge in [0.25, 0.3) is 5.91 Å². The van der Waals surface area contributed by atoms with Crippen LogP contribution < -0.4 is 20.7 Å². The van der Waals surface area contributed by atoms with Crippen molar-refractivity contribution in [1.29, 1.82) is 0 Å². The molecule has 3 rings (SSSR count). The summed E-state index contributed by atoms with van der Waals surface area (Å²) in [5.41, 5.74) is 1.47. The van der Waals surface area contributed by atoms with Gasteiger partial charge in [-0.15, -0.1) is 0 Å². The number of rotatable bonds is 6. The molecule has 1 fully saturated rings. The Morgan fingerprint density at radius 3 is 2.55 bits per heavy atom. The summed E-state index contributed by atoms with van der Waals surface area (Å²) >= 11 is 0. The number of hydrogen-bond donors (Lipinski definition) is 3. The van der Waals surface area contributed by atoms with Crippen molar-refractivity contribution < 1.29 is 19.1 Å². The first-order valence-electron chi connectivity index (χ1n) is 10.6. The molecule has 164 valence electrons. The van der Waals surface area contributed by atoms with E-state index in [1.54, 1.807) is 31.4 Å². The Morgan fingerprint density at radius 1 is 1.00 bits per heavy atom. The molecule has 0 aromatic heterocycles. The molecule has 0 bridgehead atoms. The summed E-state index contributed by atoms with van der Waals surface area (Å²) in [6, 6.07) is 14.0. The number of amides is 3. The Morgan fingerprint density at radius 2 is 1.77 bits per heavy atom. The highest BCUT2D eigenvalue weighted by molar-refractivity contribution is 6.40. The maximum absolute atomic E-state index is 12.7. The SMILES string of the molecule is COc1cccc(CNC(=O)c2ccccc2NC(=O)C(=O)N[C@@H]2CCCC[C@@H]2C)c1. The quantitative estimate of drug-likeness (QED) is 0.622. The molecule has 2 atom stereocenters. The van der Waals surface area contributed by atoms with Crippen LogP contribution in [0.4, 0.5) is 5.69 Å². The van der Waals surface area contributed by atoms with E-state index in [1.807, 2.05) is 24.3 Å². The molecule has 2 aromatic rings. The van der Waals surface area contributed by atoms with Gasteiger partial charge in [-0.3, -0.25) is 14.4 Å². The van der Waals surface area contributed by atoms with Gasteiger partial charge in [-0.2, -0.15) is 0 Å². The van der Waals surface area contributed by atoms with Crippen molar-refractivity contribution in [2.24, 2.45) is 5.92 Å². The van der Waals surface area contributed by atoms with Crippen LogP contribution in [0.25, 0.3) is 0 Å². The van der Waals surface area contributed by atoms with Gasteiger partial charge < -0.3 is 20.7 Å². The Kier molecular flexibility index (Phi) is 7.65. The second kappa shape index (κ2) is 10.6. The Balaban J connectivity index is 1.61. The molecule has 0 unspecified atom stereocenters. The van der Waals surface area contributed by atoms with Crippen molar-refractivity contribution in [3.8, 4) is 5.75 Å². The lowest BCUT2D eigenvalue weighted by Crippen LogP contribution is -2.46. The first-order valence-corrected chi connectivity index (χ1v) is 10.6. The van der Waals surface area contributed by atoms with Crippen molar-refractivity contribution >= 4 is 23.4 Å². The maximum Gasteiger partial charge on any atom is 0.313 e. The Hall–Kier alpha value is -3.35. The van der Waals surface area contributed by atoms with Crippen molar-refractivity contribution in [3.63, 3.8) is 0 Å². The fraction of sp³-hybridized carbons (Fsp3) is 0.375. The molecule has 7 nitrogen and oxygen atoms in total. The van der Waals surface area contributed by atoms with Crippen LogP contribution in [0.1, 0.15) is 48.5 Å². The maximum atomic E-state index is 12.7. The molecular weight excluding hydrogens is 394 g/mol. The topological polar surface area (TPSA) is 96.5 Å². The third-order valence-electron chi connectivity index (χ3n) is 5.64. The van der Waals surface area contributed by atoms with Crippen molar-refractivity contribution in [3.05, 3.63) is 59.7 Å². The molecule has 0 aliphatic heterocycles. The van der Waals surface area contributed by atoms with Gasteiger partial charge in [-0.25, -0.2) is 0 Å². The van der Waals surface area contributed by atoms with Crippen LogP contribution in [0.3, 0.4) is 0 Å². The van der Waals surface area contributed by atoms with Gasteiger partial charge >= 0.3 is 11.8 Å². The van der Waals surface area contributed by atoms with Gasteiger partial charge in [0, 0.05) is 12.6 Å². The van der Waals surface area contributed by atoms with Crippen LogP contribution in [0, 0.1) is 5.92 Å². The minimum atomic E-state index is -0.772. The summed E-state index contributed by atoms with van der Waals surface area (Å²) in [5.74, 6) is -0.742. The van der Waals surface area contributed by atoms with Crippen LogP contribution in [-0.4, -0.2) is 30.9 Å². The second-order valence-corrected chi connectivity index (χ2v) is 7.88. The van der Waals surface area contributed by atoms with E-state index in [-0.39, 0.29) is 17.5 Å². The molecule has 3 amide bonds. The summed E-state index contributed by atoms with van der Waals surface area (Å²) < 4.78 is 5.19. The van der Waals surface area contributed by atoms with Crippen molar-refractivity contribution in [1.82, 2.24) is 10.6 Å². The molecular formula is C24H29N3O4. The predicted octanol–water partition coefficient (Wildman–Crippen LogP) is 3.26. The summed E-state index contributed by atoms with van der Waals surface area (Å²) in [6.45, 7) is 2.39. The van der Waals surface area contributed by atoms with Gasteiger partial charge in [0.2, 0.25) is 0 Å². The molecule has 0 radical (unpaired) electrons. The summed E-state index contributed by atoms with van der Waals surface area (Å²) in [4.78, 5) is 37.5. The fourth-order valence-corrected chi connectivity index (χ4v) is 3.79. The van der Waals surface area contributed by atoms with Gasteiger partial charge in [-0.1, -0.05) is 44.0 Å². The molecule has 2 aromatic carbocycles. The molecule has 1 aliphatic rings. The zero-order valence-electron chi connectivity index (χ0n) is 17.9. The monoisotopic (exact) mass is 423 g/mol. The molecule has 0 heterocycles. The predicted molar refractivity (Wildman–Crippen MR) is 119 cm³/mol. The first-order chi connectivity index (χ1) is 15.0. The average Bonchev–Trinajstić information content (AvgIpc) is 2.79. The number of ether oxygens (including phenoxy) is 1. The number of anilines is 1. The van der Waals surface area contributed by atoms with E-state index in [0.29, 0.717) is 23.9 Å². The van der Waals surface area contributed by atoms with Crippen LogP contribution in [0.5, 0.6) is 5.75 Å². The number of nitrogens with one attached hydrogen (secondary N) is 3. The number of carbonyl (C=O) groups excluding carboxylic acids is 3. The number of para-hydroxylation sites is 1. The van der Waals surface area contributed by atoms with Crippen LogP contribution >= 0.6 is 0 Å². The van der Waals surface area contributed by atoms with Gasteiger partial charge in [-0.05, 0) is 48.6 Å². The number of methoxy groups -OCH3 is 1. The lowest BCUT2D eigenvalue weighted by Gasteiger charge is -2.29. The van der Waals surface area contributed by atoms with E-state index in [4.69, 9.17) is 4.74 Å². The Labute approximate surface area is 182 Å². The smallest absolute Gasteiger partial charge is 0.313 e. The number of carbonyl (C=O) groups is 3. The van der Waals surface area contributed by atoms with Gasteiger partial charge in [0.1, 0.15) is 5.75 Å². The standard InChI is InChI=1S/C24H29N3O4/c1-16-8-3-5-12-20(16)26-23(29)24(30)27-21-13-6-4-11-19(21)22(28)25-15-17-9-7-10-18(14-17)31-2/h4,6-7,9-11,13-14,16,20H,3,5,8,12,15H2,1-2H3,(H,25,28)(H,26,29)(H,27,30)/t16-,20+/m0/s1. The summed E-state index contributed by atoms with van der Waals surface area (Å²) in [5, 5.41) is 8.25. The zero-order valence-corrected chi connectivity index (χ0v) is 17.9. The third kappa shape index (κ3) is 6.07. The van der Waals surface area contributed by atoms with Crippen molar-refractivity contribution in [2.75, 3.05) is 12.4 Å². The first kappa shape index (κ1) is 22.3. The number of benzene rings is 2. The van der Waals surface area contributed by atoms with E-state index < -0.39 is 11.8 Å². The highest BCUT2D eigenvalue weighted by Crippen LogP contribution is 2.23. The van der Waals surface area contributed by atoms with E-state index in [1.165, 1.54) is 0 Å². The van der Waals surface area contributed by atoms with Crippen LogP contribution in [-0.2, 0) is 16.1 Å². The highest BCUT2D eigenvalue weighted by atomic mass is 16.5. The van der Waals surface area contributed by atoms with Crippen LogP contribution in [0.2, 0.25) is 0 Å². The largest absolute Gasteiger partial charge is 0.497 e. The molecule has 1 saturated carbocycles. The minimum Gasteiger partial charge on any atom is -0.497 e. The van der Waals surface area contributed by atoms with Gasteiger partial charge in [0.05, 0.1) is 18.4 Å². The van der Waals surface area contributed by atoms with Crippen molar-refractivity contribution in [2.45, 2.75) is 45.2 Å². The molecule has 1 aliphatic carbocycles. The molecule has 3 N–H and O–H groups in total. The molecule has 0 spiro atoms.